The van der Waals surface area contributed by atoms with E-state index in [9.17, 15) is 14.7 Å². The molecule has 2 N–H and O–H groups in total. The maximum Gasteiger partial charge on any atom is 0.262 e. The average molecular weight is 440 g/mol. The van der Waals surface area contributed by atoms with Crippen molar-refractivity contribution in [3.05, 3.63) is 81.4 Å². The van der Waals surface area contributed by atoms with Crippen LogP contribution in [0.2, 0.25) is 5.02 Å². The molecule has 0 atom stereocenters. The fraction of sp³-hybridized carbons (Fsp3) is 0.136. The molecule has 0 bridgehead atoms. The van der Waals surface area contributed by atoms with Gasteiger partial charge in [0.05, 0.1) is 18.5 Å². The number of amides is 1. The van der Waals surface area contributed by atoms with Gasteiger partial charge in [0.2, 0.25) is 5.91 Å². The molecule has 0 aliphatic heterocycles. The fourth-order valence-electron chi connectivity index (χ4n) is 3.44. The molecule has 4 rings (SSSR count). The normalized spacial score (nSPS) is 11.0. The molecule has 0 fully saturated rings. The third-order valence-corrected chi connectivity index (χ3v) is 5.83. The number of hydrogen-bond acceptors (Lipinski definition) is 5. The van der Waals surface area contributed by atoms with E-state index in [1.807, 2.05) is 13.0 Å². The first-order valence-electron chi connectivity index (χ1n) is 9.21. The number of nitrogens with zero attached hydrogens (tertiary/aromatic N) is 2. The molecule has 0 saturated carbocycles. The van der Waals surface area contributed by atoms with Crippen molar-refractivity contribution >= 4 is 50.8 Å². The standard InChI is InChI=1S/C22H18ClN3O3S/c1-13-17(11-20(28)25-22-24-8-9-30-22)18-10-14(12-27)2-7-19(18)26(13)21(29)15-3-5-16(23)6-4-15/h2-10,27H,11-12H2,1H3,(H,24,25,28). The molecule has 30 heavy (non-hydrogen) atoms. The van der Waals surface area contributed by atoms with Crippen LogP contribution in [0.1, 0.15) is 27.2 Å². The number of anilines is 1. The van der Waals surface area contributed by atoms with Gasteiger partial charge in [-0.15, -0.1) is 11.3 Å². The molecule has 6 nitrogen and oxygen atoms in total. The molecule has 0 unspecified atom stereocenters. The minimum atomic E-state index is -0.222. The Balaban J connectivity index is 1.79. The van der Waals surface area contributed by atoms with Gasteiger partial charge in [-0.1, -0.05) is 17.7 Å². The van der Waals surface area contributed by atoms with Gasteiger partial charge in [0, 0.05) is 33.2 Å². The van der Waals surface area contributed by atoms with Gasteiger partial charge in [-0.25, -0.2) is 4.98 Å². The van der Waals surface area contributed by atoms with Crippen LogP contribution in [0, 0.1) is 6.92 Å². The number of fused-ring (bicyclic) bond motifs is 1. The molecule has 0 aliphatic rings. The first-order valence-corrected chi connectivity index (χ1v) is 10.5. The highest BCUT2D eigenvalue weighted by molar-refractivity contribution is 7.13. The number of benzene rings is 2. The van der Waals surface area contributed by atoms with Crippen LogP contribution >= 0.6 is 22.9 Å². The Kier molecular flexibility index (Phi) is 5.67. The van der Waals surface area contributed by atoms with Crippen molar-refractivity contribution in [1.29, 1.82) is 0 Å². The summed E-state index contributed by atoms with van der Waals surface area (Å²) in [4.78, 5) is 30.0. The second-order valence-corrected chi connectivity index (χ2v) is 8.11. The van der Waals surface area contributed by atoms with Crippen molar-refractivity contribution in [1.82, 2.24) is 9.55 Å². The van der Waals surface area contributed by atoms with Crippen LogP contribution in [0.3, 0.4) is 0 Å². The highest BCUT2D eigenvalue weighted by atomic mass is 35.5. The Morgan fingerprint density at radius 1 is 1.20 bits per heavy atom. The largest absolute Gasteiger partial charge is 0.392 e. The molecular weight excluding hydrogens is 422 g/mol. The first-order chi connectivity index (χ1) is 14.5. The van der Waals surface area contributed by atoms with Gasteiger partial charge in [-0.05, 0) is 54.4 Å². The molecule has 2 aromatic carbocycles. The molecular formula is C22H18ClN3O3S. The van der Waals surface area contributed by atoms with E-state index in [0.717, 1.165) is 10.9 Å². The van der Waals surface area contributed by atoms with Gasteiger partial charge in [0.15, 0.2) is 5.13 Å². The van der Waals surface area contributed by atoms with Crippen LogP contribution in [-0.4, -0.2) is 26.5 Å². The highest BCUT2D eigenvalue weighted by Crippen LogP contribution is 2.29. The molecule has 8 heteroatoms. The minimum absolute atomic E-state index is 0.0810. The summed E-state index contributed by atoms with van der Waals surface area (Å²) in [5.41, 5.74) is 3.29. The smallest absolute Gasteiger partial charge is 0.262 e. The van der Waals surface area contributed by atoms with Crippen molar-refractivity contribution in [3.8, 4) is 0 Å². The summed E-state index contributed by atoms with van der Waals surface area (Å²) < 4.78 is 1.60. The van der Waals surface area contributed by atoms with Crippen LogP contribution in [-0.2, 0) is 17.8 Å². The van der Waals surface area contributed by atoms with E-state index in [1.165, 1.54) is 11.3 Å². The molecule has 4 aromatic rings. The lowest BCUT2D eigenvalue weighted by Crippen LogP contribution is -2.16. The summed E-state index contributed by atoms with van der Waals surface area (Å²) in [6.07, 6.45) is 1.70. The Bertz CT molecular complexity index is 1230. The second kappa shape index (κ2) is 8.39. The molecule has 0 aliphatic carbocycles. The predicted octanol–water partition coefficient (Wildman–Crippen LogP) is 4.42. The van der Waals surface area contributed by atoms with Gasteiger partial charge in [0.1, 0.15) is 0 Å². The Morgan fingerprint density at radius 2 is 1.97 bits per heavy atom. The third-order valence-electron chi connectivity index (χ3n) is 4.89. The van der Waals surface area contributed by atoms with Crippen LogP contribution < -0.4 is 5.32 Å². The van der Waals surface area contributed by atoms with Crippen molar-refractivity contribution < 1.29 is 14.7 Å². The number of hydrogen-bond donors (Lipinski definition) is 2. The molecule has 2 aromatic heterocycles. The molecule has 152 valence electrons. The van der Waals surface area contributed by atoms with Gasteiger partial charge in [-0.3, -0.25) is 14.2 Å². The monoisotopic (exact) mass is 439 g/mol. The van der Waals surface area contributed by atoms with Crippen molar-refractivity contribution in [2.24, 2.45) is 0 Å². The molecule has 0 spiro atoms. The number of nitrogens with one attached hydrogen (secondary N) is 1. The lowest BCUT2D eigenvalue weighted by atomic mass is 10.1. The van der Waals surface area contributed by atoms with E-state index in [0.29, 0.717) is 32.5 Å². The zero-order valence-corrected chi connectivity index (χ0v) is 17.6. The molecule has 0 saturated heterocycles. The van der Waals surface area contributed by atoms with E-state index >= 15 is 0 Å². The maximum atomic E-state index is 13.3. The van der Waals surface area contributed by atoms with Gasteiger partial charge in [-0.2, -0.15) is 0 Å². The lowest BCUT2D eigenvalue weighted by Gasteiger charge is -2.08. The summed E-state index contributed by atoms with van der Waals surface area (Å²) in [5, 5.41) is 15.9. The summed E-state index contributed by atoms with van der Waals surface area (Å²) in [5.74, 6) is -0.432. The number of thiazole rings is 1. The lowest BCUT2D eigenvalue weighted by molar-refractivity contribution is -0.115. The Hall–Kier alpha value is -3.00. The van der Waals surface area contributed by atoms with E-state index in [4.69, 9.17) is 11.6 Å². The summed E-state index contributed by atoms with van der Waals surface area (Å²) in [6, 6.07) is 12.1. The minimum Gasteiger partial charge on any atom is -0.392 e. The highest BCUT2D eigenvalue weighted by Gasteiger charge is 2.22. The maximum absolute atomic E-state index is 13.3. The Morgan fingerprint density at radius 3 is 2.63 bits per heavy atom. The SMILES string of the molecule is Cc1c(CC(=O)Nc2nccs2)c2cc(CO)ccc2n1C(=O)c1ccc(Cl)cc1. The average Bonchev–Trinajstić information content (AvgIpc) is 3.34. The second-order valence-electron chi connectivity index (χ2n) is 6.78. The molecule has 2 heterocycles. The topological polar surface area (TPSA) is 84.2 Å². The number of aliphatic hydroxyl groups is 1. The van der Waals surface area contributed by atoms with Crippen LogP contribution in [0.4, 0.5) is 5.13 Å². The number of aromatic nitrogens is 2. The first kappa shape index (κ1) is 20.3. The quantitative estimate of drug-likeness (QED) is 0.482. The van der Waals surface area contributed by atoms with E-state index in [2.05, 4.69) is 10.3 Å². The van der Waals surface area contributed by atoms with E-state index < -0.39 is 0 Å². The number of carbonyl (C=O) groups is 2. The molecule has 0 radical (unpaired) electrons. The van der Waals surface area contributed by atoms with Crippen LogP contribution in [0.15, 0.2) is 54.0 Å². The van der Waals surface area contributed by atoms with Crippen LogP contribution in [0.25, 0.3) is 10.9 Å². The zero-order valence-electron chi connectivity index (χ0n) is 16.1. The molecule has 1 amide bonds. The van der Waals surface area contributed by atoms with Gasteiger partial charge in [0.25, 0.3) is 5.91 Å². The number of carbonyl (C=O) groups excluding carboxylic acids is 2. The van der Waals surface area contributed by atoms with Crippen molar-refractivity contribution in [3.63, 3.8) is 0 Å². The number of halogens is 1. The van der Waals surface area contributed by atoms with Gasteiger partial charge >= 0.3 is 0 Å². The van der Waals surface area contributed by atoms with Gasteiger partial charge < -0.3 is 10.4 Å². The Labute approximate surface area is 181 Å². The summed E-state index contributed by atoms with van der Waals surface area (Å²) in [7, 11) is 0. The van der Waals surface area contributed by atoms with Crippen molar-refractivity contribution in [2.45, 2.75) is 20.0 Å². The fourth-order valence-corrected chi connectivity index (χ4v) is 4.12. The summed E-state index contributed by atoms with van der Waals surface area (Å²) in [6.45, 7) is 1.69. The third kappa shape index (κ3) is 3.87. The predicted molar refractivity (Wildman–Crippen MR) is 118 cm³/mol. The van der Waals surface area contributed by atoms with E-state index in [-0.39, 0.29) is 24.8 Å². The number of rotatable bonds is 5. The zero-order chi connectivity index (χ0) is 21.3. The van der Waals surface area contributed by atoms with E-state index in [1.54, 1.807) is 52.5 Å². The summed E-state index contributed by atoms with van der Waals surface area (Å²) >= 11 is 7.29. The van der Waals surface area contributed by atoms with Crippen molar-refractivity contribution in [2.75, 3.05) is 5.32 Å². The van der Waals surface area contributed by atoms with Crippen LogP contribution in [0.5, 0.6) is 0 Å². The number of aliphatic hydroxyl groups excluding tert-OH is 1.